The maximum Gasteiger partial charge on any atom is 0.150 e. The predicted molar refractivity (Wildman–Crippen MR) is 173 cm³/mol. The fourth-order valence-electron chi connectivity index (χ4n) is 4.60. The maximum absolute atomic E-state index is 4.68. The van der Waals surface area contributed by atoms with Gasteiger partial charge in [-0.3, -0.25) is 0 Å². The molecule has 2 nitrogen and oxygen atoms in total. The molecule has 3 aromatic carbocycles. The number of hydrogen-bond donors (Lipinski definition) is 0. The molecule has 0 radical (unpaired) electrons. The third kappa shape index (κ3) is 7.20. The first kappa shape index (κ1) is 27.7. The molecule has 0 aliphatic carbocycles. The highest BCUT2D eigenvalue weighted by atomic mass is 32.2. The first-order chi connectivity index (χ1) is 18.7. The molecule has 0 bridgehead atoms. The van der Waals surface area contributed by atoms with Crippen LogP contribution in [0.25, 0.3) is 42.4 Å². The van der Waals surface area contributed by atoms with Gasteiger partial charge in [0.15, 0.2) is 0 Å². The summed E-state index contributed by atoms with van der Waals surface area (Å²) in [7, 11) is 0. The predicted octanol–water partition coefficient (Wildman–Crippen LogP) is 11.6. The monoisotopic (exact) mass is 576 g/mol. The molecule has 0 N–H and O–H groups in total. The van der Waals surface area contributed by atoms with Gasteiger partial charge < -0.3 is 0 Å². The van der Waals surface area contributed by atoms with Crippen molar-refractivity contribution < 1.29 is 0 Å². The Morgan fingerprint density at radius 2 is 1.03 bits per heavy atom. The Bertz CT molecular complexity index is 1360. The molecule has 0 atom stereocenters. The molecule has 2 heterocycles. The Morgan fingerprint density at radius 1 is 0.553 bits per heavy atom. The van der Waals surface area contributed by atoms with Gasteiger partial charge in [0.2, 0.25) is 0 Å². The summed E-state index contributed by atoms with van der Waals surface area (Å²) in [4.78, 5) is 11.9. The van der Waals surface area contributed by atoms with E-state index in [0.29, 0.717) is 0 Å². The van der Waals surface area contributed by atoms with Crippen LogP contribution in [0.15, 0.2) is 69.6 Å². The molecular weight excluding hydrogens is 541 g/mol. The molecule has 38 heavy (non-hydrogen) atoms. The minimum atomic E-state index is 1.17. The Labute approximate surface area is 243 Å². The van der Waals surface area contributed by atoms with E-state index in [1.807, 2.05) is 58.6 Å². The van der Waals surface area contributed by atoms with Crippen molar-refractivity contribution >= 4 is 67.7 Å². The van der Waals surface area contributed by atoms with E-state index in [-0.39, 0.29) is 0 Å². The highest BCUT2D eigenvalue weighted by Gasteiger charge is 2.09. The first-order valence-corrected chi connectivity index (χ1v) is 17.5. The van der Waals surface area contributed by atoms with Crippen LogP contribution in [0.3, 0.4) is 0 Å². The minimum Gasteiger partial charge on any atom is -0.237 e. The molecule has 0 aliphatic rings. The van der Waals surface area contributed by atoms with Crippen molar-refractivity contribution in [3.63, 3.8) is 0 Å². The smallest absolute Gasteiger partial charge is 0.150 e. The van der Waals surface area contributed by atoms with Crippen LogP contribution in [0.5, 0.6) is 0 Å². The third-order valence-electron chi connectivity index (χ3n) is 6.78. The SMILES string of the molecule is CCCCCCSc1ncc(-c2ccc3cc4cc(-c5cnc(SCCCCCC)s5)ccc4cc3c2)s1. The van der Waals surface area contributed by atoms with E-state index in [4.69, 9.17) is 0 Å². The van der Waals surface area contributed by atoms with Crippen molar-refractivity contribution in [2.75, 3.05) is 11.5 Å². The molecule has 2 aromatic heterocycles. The van der Waals surface area contributed by atoms with Gasteiger partial charge in [0, 0.05) is 23.9 Å². The maximum atomic E-state index is 4.68. The molecule has 5 aromatic rings. The van der Waals surface area contributed by atoms with Crippen LogP contribution in [-0.4, -0.2) is 21.5 Å². The van der Waals surface area contributed by atoms with Crippen LogP contribution in [0.1, 0.15) is 65.2 Å². The van der Waals surface area contributed by atoms with Crippen molar-refractivity contribution in [2.24, 2.45) is 0 Å². The zero-order valence-electron chi connectivity index (χ0n) is 22.4. The van der Waals surface area contributed by atoms with E-state index in [2.05, 4.69) is 72.3 Å². The Kier molecular flexibility index (Phi) is 10.2. The molecule has 198 valence electrons. The summed E-state index contributed by atoms with van der Waals surface area (Å²) >= 11 is 7.44. The number of benzene rings is 3. The number of unbranched alkanes of at least 4 members (excludes halogenated alkanes) is 6. The number of hydrogen-bond acceptors (Lipinski definition) is 6. The van der Waals surface area contributed by atoms with Crippen molar-refractivity contribution in [1.82, 2.24) is 9.97 Å². The zero-order chi connectivity index (χ0) is 26.2. The van der Waals surface area contributed by atoms with Gasteiger partial charge in [0.25, 0.3) is 0 Å². The lowest BCUT2D eigenvalue weighted by Crippen LogP contribution is -1.80. The normalized spacial score (nSPS) is 11.6. The summed E-state index contributed by atoms with van der Waals surface area (Å²) in [5, 5.41) is 5.12. The number of rotatable bonds is 14. The van der Waals surface area contributed by atoms with Crippen molar-refractivity contribution in [2.45, 2.75) is 73.9 Å². The van der Waals surface area contributed by atoms with E-state index in [0.717, 1.165) is 0 Å². The Balaban J connectivity index is 1.28. The summed E-state index contributed by atoms with van der Waals surface area (Å²) in [6.07, 6.45) is 14.5. The second-order valence-corrected chi connectivity index (χ2v) is 14.5. The van der Waals surface area contributed by atoms with Gasteiger partial charge >= 0.3 is 0 Å². The number of nitrogens with zero attached hydrogens (tertiary/aromatic N) is 2. The van der Waals surface area contributed by atoms with Crippen LogP contribution in [0.2, 0.25) is 0 Å². The van der Waals surface area contributed by atoms with E-state index in [1.54, 1.807) is 0 Å². The van der Waals surface area contributed by atoms with E-state index < -0.39 is 0 Å². The van der Waals surface area contributed by atoms with Gasteiger partial charge in [0.05, 0.1) is 9.75 Å². The van der Waals surface area contributed by atoms with Crippen molar-refractivity contribution in [3.05, 3.63) is 60.9 Å². The van der Waals surface area contributed by atoms with E-state index >= 15 is 0 Å². The molecule has 0 spiro atoms. The summed E-state index contributed by atoms with van der Waals surface area (Å²) < 4.78 is 2.37. The fourth-order valence-corrected chi connectivity index (χ4v) is 8.70. The summed E-state index contributed by atoms with van der Waals surface area (Å²) in [6.45, 7) is 4.52. The average Bonchev–Trinajstić information content (AvgIpc) is 3.61. The third-order valence-corrected chi connectivity index (χ3v) is 11.4. The highest BCUT2D eigenvalue weighted by Crippen LogP contribution is 2.36. The Morgan fingerprint density at radius 3 is 1.47 bits per heavy atom. The van der Waals surface area contributed by atoms with E-state index in [1.165, 1.54) is 114 Å². The van der Waals surface area contributed by atoms with Gasteiger partial charge in [-0.05, 0) is 69.8 Å². The van der Waals surface area contributed by atoms with Crippen LogP contribution in [-0.2, 0) is 0 Å². The molecular formula is C32H36N2S4. The quantitative estimate of drug-likeness (QED) is 0.0746. The van der Waals surface area contributed by atoms with Gasteiger partial charge in [-0.2, -0.15) is 0 Å². The largest absolute Gasteiger partial charge is 0.237 e. The standard InChI is InChI=1S/C32H36N2S4/c1-3-5-7-9-15-35-31-33-21-29(37-31)25-13-11-23-18-28-20-26(14-12-24(28)17-27(23)19-25)30-22-34-32(38-30)36-16-10-8-6-4-2/h11-14,17-22H,3-10,15-16H2,1-2H3. The van der Waals surface area contributed by atoms with Crippen LogP contribution in [0, 0.1) is 0 Å². The van der Waals surface area contributed by atoms with E-state index in [9.17, 15) is 0 Å². The molecule has 6 heteroatoms. The first-order valence-electron chi connectivity index (χ1n) is 13.9. The molecule has 0 saturated heterocycles. The zero-order valence-corrected chi connectivity index (χ0v) is 25.6. The van der Waals surface area contributed by atoms with Crippen molar-refractivity contribution in [3.8, 4) is 20.9 Å². The van der Waals surface area contributed by atoms with Gasteiger partial charge in [0.1, 0.15) is 8.68 Å². The summed E-state index contributed by atoms with van der Waals surface area (Å²) in [6, 6.07) is 18.3. The average molecular weight is 577 g/mol. The number of thioether (sulfide) groups is 2. The molecule has 0 saturated carbocycles. The topological polar surface area (TPSA) is 25.8 Å². The highest BCUT2D eigenvalue weighted by molar-refractivity contribution is 8.01. The molecule has 0 fully saturated rings. The van der Waals surface area contributed by atoms with Gasteiger partial charge in [-0.1, -0.05) is 100 Å². The number of thiazole rings is 2. The van der Waals surface area contributed by atoms with Crippen LogP contribution < -0.4 is 0 Å². The molecule has 5 rings (SSSR count). The van der Waals surface area contributed by atoms with Crippen molar-refractivity contribution in [1.29, 1.82) is 0 Å². The molecule has 0 amide bonds. The van der Waals surface area contributed by atoms with Crippen LogP contribution in [0.4, 0.5) is 0 Å². The van der Waals surface area contributed by atoms with Crippen LogP contribution >= 0.6 is 46.2 Å². The number of aromatic nitrogens is 2. The lowest BCUT2D eigenvalue weighted by molar-refractivity contribution is 0.706. The molecule has 0 aliphatic heterocycles. The second kappa shape index (κ2) is 14.0. The van der Waals surface area contributed by atoms with Gasteiger partial charge in [-0.15, -0.1) is 22.7 Å². The minimum absolute atomic E-state index is 1.17. The number of fused-ring (bicyclic) bond motifs is 2. The summed E-state index contributed by atoms with van der Waals surface area (Å²) in [5.74, 6) is 2.33. The lowest BCUT2D eigenvalue weighted by Gasteiger charge is -2.06. The Hall–Kier alpha value is -1.86. The van der Waals surface area contributed by atoms with Gasteiger partial charge in [-0.25, -0.2) is 9.97 Å². The lowest BCUT2D eigenvalue weighted by atomic mass is 9.99. The second-order valence-electron chi connectivity index (χ2n) is 9.78. The summed E-state index contributed by atoms with van der Waals surface area (Å²) in [5.41, 5.74) is 2.52. The molecule has 0 unspecified atom stereocenters. The fraction of sp³-hybridized carbons (Fsp3) is 0.375.